The lowest BCUT2D eigenvalue weighted by Crippen LogP contribution is -2.57. The molecule has 3 aliphatic carbocycles. The highest BCUT2D eigenvalue weighted by Gasteiger charge is 2.73. The molecule has 0 amide bonds. The molecule has 3 saturated carbocycles. The number of hydrogen-bond donors (Lipinski definition) is 1. The van der Waals surface area contributed by atoms with Crippen molar-refractivity contribution in [1.29, 1.82) is 0 Å². The molecule has 4 saturated heterocycles. The second-order valence-electron chi connectivity index (χ2n) is 15.1. The summed E-state index contributed by atoms with van der Waals surface area (Å²) in [5, 5.41) is 12.3. The van der Waals surface area contributed by atoms with Gasteiger partial charge in [0.1, 0.15) is 17.3 Å². The zero-order chi connectivity index (χ0) is 27.0. The van der Waals surface area contributed by atoms with Crippen molar-refractivity contribution < 1.29 is 38.7 Å². The third-order valence-electron chi connectivity index (χ3n) is 12.8. The molecule has 4 heterocycles. The van der Waals surface area contributed by atoms with Crippen LogP contribution in [0, 0.1) is 46.3 Å². The predicted octanol–water partition coefficient (Wildman–Crippen LogP) is 4.32. The minimum atomic E-state index is -1.19. The summed E-state index contributed by atoms with van der Waals surface area (Å²) >= 11 is 0. The van der Waals surface area contributed by atoms with Crippen LogP contribution in [0.1, 0.15) is 92.9 Å². The number of cyclic esters (lactones) is 1. The van der Waals surface area contributed by atoms with E-state index >= 15 is 0 Å². The smallest absolute Gasteiger partial charge is 0.311 e. The van der Waals surface area contributed by atoms with E-state index in [2.05, 4.69) is 20.8 Å². The van der Waals surface area contributed by atoms with Gasteiger partial charge in [-0.15, -0.1) is 0 Å². The van der Waals surface area contributed by atoms with Gasteiger partial charge in [0.15, 0.2) is 0 Å². The van der Waals surface area contributed by atoms with Gasteiger partial charge in [0, 0.05) is 18.8 Å². The Bertz CT molecular complexity index is 1060. The molecule has 1 N–H and O–H groups in total. The summed E-state index contributed by atoms with van der Waals surface area (Å²) in [6.45, 7) is 13.0. The number of esters is 2. The Morgan fingerprint density at radius 1 is 0.842 bits per heavy atom. The molecular weight excluding hydrogens is 488 g/mol. The van der Waals surface area contributed by atoms with E-state index < -0.39 is 23.1 Å². The summed E-state index contributed by atoms with van der Waals surface area (Å²) in [5.41, 5.74) is -2.09. The zero-order valence-corrected chi connectivity index (χ0v) is 23.7. The van der Waals surface area contributed by atoms with Gasteiger partial charge in [-0.25, -0.2) is 9.78 Å². The van der Waals surface area contributed by atoms with Gasteiger partial charge in [0.05, 0.1) is 24.5 Å². The second kappa shape index (κ2) is 7.74. The fraction of sp³-hybridized carbons (Fsp3) is 0.933. The molecule has 1 spiro atoms. The largest absolute Gasteiger partial charge is 0.459 e. The van der Waals surface area contributed by atoms with Crippen LogP contribution in [-0.2, 0) is 33.6 Å². The van der Waals surface area contributed by atoms with Gasteiger partial charge in [0.25, 0.3) is 0 Å². The molecule has 2 bridgehead atoms. The summed E-state index contributed by atoms with van der Waals surface area (Å²) in [4.78, 5) is 37.4. The van der Waals surface area contributed by atoms with Crippen LogP contribution in [0.2, 0.25) is 0 Å². The Morgan fingerprint density at radius 3 is 2.29 bits per heavy atom. The molecule has 0 aromatic rings. The maximum absolute atomic E-state index is 12.7. The zero-order valence-electron chi connectivity index (χ0n) is 23.7. The van der Waals surface area contributed by atoms with Gasteiger partial charge in [-0.1, -0.05) is 27.7 Å². The topological polar surface area (TPSA) is 101 Å². The molecule has 0 unspecified atom stereocenters. The molecule has 7 rings (SSSR count). The first-order valence-electron chi connectivity index (χ1n) is 14.9. The number of carbonyl (C=O) groups is 2. The fourth-order valence-electron chi connectivity index (χ4n) is 11.3. The lowest BCUT2D eigenvalue weighted by Gasteiger charge is -2.58. The van der Waals surface area contributed by atoms with Crippen LogP contribution >= 0.6 is 0 Å². The summed E-state index contributed by atoms with van der Waals surface area (Å²) in [6.07, 6.45) is 4.47. The molecule has 0 radical (unpaired) electrons. The van der Waals surface area contributed by atoms with E-state index in [1.54, 1.807) is 0 Å². The monoisotopic (exact) mass is 532 g/mol. The first kappa shape index (κ1) is 25.7. The van der Waals surface area contributed by atoms with Crippen molar-refractivity contribution in [3.63, 3.8) is 0 Å². The van der Waals surface area contributed by atoms with Crippen LogP contribution in [0.4, 0.5) is 0 Å². The number of hydrogen-bond acceptors (Lipinski definition) is 8. The maximum atomic E-state index is 12.7. The standard InChI is InChI=1S/C30H44O8/c1-15-10-29(11-16(2)25(32)36-29)34-20-14-27(5)18-7-8-21-26(3,4)35-23(31)9-22-30(21,33)12-17(18)19(37-38-22)13-28(27,6)24(15)20/h15-22,24,33H,7-14H2,1-6H3/t15-,16-,17+,18-,19+,20-,21-,22-,24+,27+,28-,29+,30-/m1/s1. The van der Waals surface area contributed by atoms with Crippen molar-refractivity contribution >= 4 is 11.9 Å². The van der Waals surface area contributed by atoms with E-state index in [9.17, 15) is 14.7 Å². The molecule has 0 aromatic heterocycles. The highest BCUT2D eigenvalue weighted by atomic mass is 17.2. The molecule has 7 aliphatic rings. The van der Waals surface area contributed by atoms with E-state index in [-0.39, 0.29) is 59.2 Å². The second-order valence-corrected chi connectivity index (χ2v) is 15.1. The number of rotatable bonds is 0. The summed E-state index contributed by atoms with van der Waals surface area (Å²) in [6, 6.07) is 0. The van der Waals surface area contributed by atoms with E-state index in [1.165, 1.54) is 0 Å². The van der Waals surface area contributed by atoms with Gasteiger partial charge in [0.2, 0.25) is 5.79 Å². The highest BCUT2D eigenvalue weighted by molar-refractivity contribution is 5.74. The minimum Gasteiger partial charge on any atom is -0.459 e. The van der Waals surface area contributed by atoms with E-state index in [1.807, 2.05) is 20.8 Å². The van der Waals surface area contributed by atoms with Gasteiger partial charge in [-0.2, -0.15) is 0 Å². The summed E-state index contributed by atoms with van der Waals surface area (Å²) < 4.78 is 18.6. The van der Waals surface area contributed by atoms with Crippen LogP contribution in [-0.4, -0.2) is 52.3 Å². The van der Waals surface area contributed by atoms with Crippen molar-refractivity contribution in [3.05, 3.63) is 0 Å². The SMILES string of the molecule is C[C@@H]1C[C@]2(C[C@@H](C)[C@H]3[C@@H](C[C@@]4(C)[C@@H]5CC[C@@H]6C(C)(C)OC(=O)C[C@H]7OO[C@@H](C[C@]34C)[C@H]5C[C@@]67O)O2)OC1=O. The Kier molecular flexibility index (Phi) is 5.24. The van der Waals surface area contributed by atoms with Gasteiger partial charge < -0.3 is 19.3 Å². The first-order chi connectivity index (χ1) is 17.7. The fourth-order valence-corrected chi connectivity index (χ4v) is 11.3. The predicted molar refractivity (Wildman–Crippen MR) is 134 cm³/mol. The van der Waals surface area contributed by atoms with Crippen molar-refractivity contribution in [2.24, 2.45) is 46.3 Å². The molecule has 4 aliphatic heterocycles. The molecule has 38 heavy (non-hydrogen) atoms. The molecule has 7 fully saturated rings. The van der Waals surface area contributed by atoms with E-state index in [0.717, 1.165) is 32.1 Å². The Morgan fingerprint density at radius 2 is 1.58 bits per heavy atom. The van der Waals surface area contributed by atoms with Crippen molar-refractivity contribution in [2.75, 3.05) is 0 Å². The number of aliphatic hydroxyl groups is 1. The third kappa shape index (κ3) is 3.18. The Balaban J connectivity index is 1.28. The highest BCUT2D eigenvalue weighted by Crippen LogP contribution is 2.73. The maximum Gasteiger partial charge on any atom is 0.311 e. The lowest BCUT2D eigenvalue weighted by molar-refractivity contribution is -0.382. The summed E-state index contributed by atoms with van der Waals surface area (Å²) in [5.74, 6) is -0.595. The van der Waals surface area contributed by atoms with Crippen LogP contribution in [0.15, 0.2) is 0 Å². The van der Waals surface area contributed by atoms with E-state index in [4.69, 9.17) is 24.0 Å². The first-order valence-corrected chi connectivity index (χ1v) is 14.9. The molecule has 0 aromatic carbocycles. The van der Waals surface area contributed by atoms with E-state index in [0.29, 0.717) is 30.6 Å². The molecule has 212 valence electrons. The van der Waals surface area contributed by atoms with Crippen LogP contribution in [0.25, 0.3) is 0 Å². The Hall–Kier alpha value is -1.22. The van der Waals surface area contributed by atoms with Crippen molar-refractivity contribution in [1.82, 2.24) is 0 Å². The molecule has 8 heteroatoms. The Labute approximate surface area is 225 Å². The molecular formula is C30H44O8. The van der Waals surface area contributed by atoms with Crippen LogP contribution < -0.4 is 0 Å². The summed E-state index contributed by atoms with van der Waals surface area (Å²) in [7, 11) is 0. The normalized spacial score (nSPS) is 58.7. The van der Waals surface area contributed by atoms with Crippen LogP contribution in [0.5, 0.6) is 0 Å². The number of carbonyl (C=O) groups excluding carboxylic acids is 2. The minimum absolute atomic E-state index is 0.00384. The average molecular weight is 533 g/mol. The van der Waals surface area contributed by atoms with Crippen LogP contribution in [0.3, 0.4) is 0 Å². The number of fused-ring (bicyclic) bond motifs is 4. The van der Waals surface area contributed by atoms with Crippen molar-refractivity contribution in [3.8, 4) is 0 Å². The quantitative estimate of drug-likeness (QED) is 0.364. The molecule has 13 atom stereocenters. The third-order valence-corrected chi connectivity index (χ3v) is 12.8. The average Bonchev–Trinajstić information content (AvgIpc) is 3.00. The number of ether oxygens (including phenoxy) is 3. The van der Waals surface area contributed by atoms with Gasteiger partial charge in [-0.05, 0) is 80.5 Å². The van der Waals surface area contributed by atoms with Crippen molar-refractivity contribution in [2.45, 2.75) is 128 Å². The van der Waals surface area contributed by atoms with Gasteiger partial charge >= 0.3 is 11.9 Å². The van der Waals surface area contributed by atoms with Gasteiger partial charge in [-0.3, -0.25) is 9.59 Å². The molecule has 8 nitrogen and oxygen atoms in total. The lowest BCUT2D eigenvalue weighted by atomic mass is 9.47.